The molecule has 1 aliphatic heterocycles. The van der Waals surface area contributed by atoms with Crippen molar-refractivity contribution in [2.45, 2.75) is 44.2 Å². The molecule has 1 fully saturated rings. The molecule has 1 aromatic carbocycles. The molecule has 4 nitrogen and oxygen atoms in total. The molecule has 1 aliphatic rings. The number of phenols is 1. The topological polar surface area (TPSA) is 53.7 Å². The van der Waals surface area contributed by atoms with Crippen molar-refractivity contribution in [3.05, 3.63) is 47.4 Å². The quantitative estimate of drug-likeness (QED) is 0.894. The van der Waals surface area contributed by atoms with Crippen molar-refractivity contribution in [1.82, 2.24) is 0 Å². The lowest BCUT2D eigenvalue weighted by Gasteiger charge is -2.26. The molecule has 1 amide bonds. The number of carbonyl (C=O) groups excluding carboxylic acids is 1. The number of aromatic hydroxyl groups is 1. The maximum absolute atomic E-state index is 12.7. The summed E-state index contributed by atoms with van der Waals surface area (Å²) in [5.74, 6) is 0.558. The maximum Gasteiger partial charge on any atom is 0.241 e. The van der Waals surface area contributed by atoms with E-state index >= 15 is 0 Å². The van der Waals surface area contributed by atoms with Crippen LogP contribution in [-0.4, -0.2) is 16.3 Å². The van der Waals surface area contributed by atoms with Crippen molar-refractivity contribution < 1.29 is 14.3 Å². The summed E-state index contributed by atoms with van der Waals surface area (Å²) >= 11 is 1.62. The molecule has 2 heterocycles. The molecule has 1 aromatic heterocycles. The fourth-order valence-electron chi connectivity index (χ4n) is 2.93. The van der Waals surface area contributed by atoms with Gasteiger partial charge in [-0.3, -0.25) is 9.69 Å². The van der Waals surface area contributed by atoms with Crippen molar-refractivity contribution in [1.29, 1.82) is 0 Å². The Hall–Kier alpha value is -1.88. The van der Waals surface area contributed by atoms with Crippen LogP contribution in [0.15, 0.2) is 35.1 Å². The van der Waals surface area contributed by atoms with Crippen LogP contribution in [0.1, 0.15) is 48.8 Å². The minimum Gasteiger partial charge on any atom is -0.508 e. The van der Waals surface area contributed by atoms with Crippen LogP contribution >= 0.6 is 11.8 Å². The van der Waals surface area contributed by atoms with Crippen molar-refractivity contribution in [2.24, 2.45) is 0 Å². The number of hydrogen-bond donors (Lipinski definition) is 1. The lowest BCUT2D eigenvalue weighted by atomic mass is 9.98. The summed E-state index contributed by atoms with van der Waals surface area (Å²) < 4.78 is 5.20. The van der Waals surface area contributed by atoms with E-state index in [-0.39, 0.29) is 28.2 Å². The molecule has 0 saturated carbocycles. The smallest absolute Gasteiger partial charge is 0.241 e. The summed E-state index contributed by atoms with van der Waals surface area (Å²) in [6.07, 6.45) is 3.32. The molecule has 1 saturated heterocycles. The third kappa shape index (κ3) is 2.74. The number of hydrogen-bond acceptors (Lipinski definition) is 4. The van der Waals surface area contributed by atoms with E-state index in [1.807, 2.05) is 44.7 Å². The summed E-state index contributed by atoms with van der Waals surface area (Å²) in [5, 5.41) is 9.97. The normalized spacial score (nSPS) is 21.4. The first-order chi connectivity index (χ1) is 10.9. The van der Waals surface area contributed by atoms with Crippen molar-refractivity contribution in [2.75, 3.05) is 4.90 Å². The van der Waals surface area contributed by atoms with E-state index < -0.39 is 0 Å². The van der Waals surface area contributed by atoms with Crippen LogP contribution in [0.2, 0.25) is 0 Å². The minimum atomic E-state index is -0.106. The van der Waals surface area contributed by atoms with Crippen LogP contribution in [0.3, 0.4) is 0 Å². The average molecular weight is 331 g/mol. The Morgan fingerprint density at radius 3 is 2.70 bits per heavy atom. The zero-order chi connectivity index (χ0) is 16.7. The predicted molar refractivity (Wildman–Crippen MR) is 92.9 cm³/mol. The second-order valence-corrected chi connectivity index (χ2v) is 7.67. The van der Waals surface area contributed by atoms with Crippen LogP contribution in [0.4, 0.5) is 5.69 Å². The Balaban J connectivity index is 2.11. The molecule has 23 heavy (non-hydrogen) atoms. The largest absolute Gasteiger partial charge is 0.508 e. The molecule has 2 atom stereocenters. The van der Waals surface area contributed by atoms with Gasteiger partial charge in [0.1, 0.15) is 11.1 Å². The molecule has 0 aliphatic carbocycles. The molecule has 0 spiro atoms. The maximum atomic E-state index is 12.7. The zero-order valence-corrected chi connectivity index (χ0v) is 14.6. The van der Waals surface area contributed by atoms with E-state index in [9.17, 15) is 9.90 Å². The fraction of sp³-hybridized carbons (Fsp3) is 0.389. The molecule has 0 radical (unpaired) electrons. The van der Waals surface area contributed by atoms with Crippen LogP contribution in [-0.2, 0) is 4.79 Å². The number of benzene rings is 1. The van der Waals surface area contributed by atoms with Crippen LogP contribution < -0.4 is 4.90 Å². The van der Waals surface area contributed by atoms with Gasteiger partial charge in [-0.15, -0.1) is 11.8 Å². The minimum absolute atomic E-state index is 0.0877. The standard InChI is InChI=1S/C18H21NO3S/c1-10(2)14-8-15(11(3)7-16(14)20)19-17(21)12(4)23-18(19)13-5-6-22-9-13/h5-10,12,18,20H,1-4H3. The first-order valence-corrected chi connectivity index (χ1v) is 8.68. The van der Waals surface area contributed by atoms with Crippen LogP contribution in [0, 0.1) is 6.92 Å². The van der Waals surface area contributed by atoms with E-state index in [1.54, 1.807) is 30.4 Å². The van der Waals surface area contributed by atoms with Gasteiger partial charge in [-0.25, -0.2) is 0 Å². The zero-order valence-electron chi connectivity index (χ0n) is 13.7. The number of anilines is 1. The van der Waals surface area contributed by atoms with Gasteiger partial charge >= 0.3 is 0 Å². The highest BCUT2D eigenvalue weighted by Gasteiger charge is 2.40. The molecule has 0 bridgehead atoms. The van der Waals surface area contributed by atoms with Gasteiger partial charge in [-0.2, -0.15) is 0 Å². The van der Waals surface area contributed by atoms with E-state index in [1.165, 1.54) is 0 Å². The summed E-state index contributed by atoms with van der Waals surface area (Å²) in [4.78, 5) is 14.6. The second-order valence-electron chi connectivity index (χ2n) is 6.25. The number of nitrogens with zero attached hydrogens (tertiary/aromatic N) is 1. The predicted octanol–water partition coefficient (Wildman–Crippen LogP) is 4.58. The third-order valence-corrected chi connectivity index (χ3v) is 5.56. The Morgan fingerprint density at radius 2 is 2.09 bits per heavy atom. The molecular weight excluding hydrogens is 310 g/mol. The van der Waals surface area contributed by atoms with Gasteiger partial charge in [0.2, 0.25) is 5.91 Å². The Bertz CT molecular complexity index is 724. The van der Waals surface area contributed by atoms with Crippen LogP contribution in [0.5, 0.6) is 5.75 Å². The monoisotopic (exact) mass is 331 g/mol. The first-order valence-electron chi connectivity index (χ1n) is 7.74. The van der Waals surface area contributed by atoms with Gasteiger partial charge in [0.05, 0.1) is 17.8 Å². The van der Waals surface area contributed by atoms with Gasteiger partial charge in [0.25, 0.3) is 0 Å². The number of aryl methyl sites for hydroxylation is 1. The number of carbonyl (C=O) groups is 1. The molecule has 122 valence electrons. The number of furan rings is 1. The van der Waals surface area contributed by atoms with E-state index in [0.717, 1.165) is 22.4 Å². The van der Waals surface area contributed by atoms with Crippen molar-refractivity contribution >= 4 is 23.4 Å². The Morgan fingerprint density at radius 1 is 1.35 bits per heavy atom. The molecule has 2 aromatic rings. The molecule has 1 N–H and O–H groups in total. The van der Waals surface area contributed by atoms with Crippen LogP contribution in [0.25, 0.3) is 0 Å². The van der Waals surface area contributed by atoms with Gasteiger partial charge < -0.3 is 9.52 Å². The Kier molecular flexibility index (Phi) is 4.15. The van der Waals surface area contributed by atoms with E-state index in [0.29, 0.717) is 0 Å². The number of thioether (sulfide) groups is 1. The second kappa shape index (κ2) is 5.96. The molecule has 2 unspecified atom stereocenters. The lowest BCUT2D eigenvalue weighted by Crippen LogP contribution is -2.30. The van der Waals surface area contributed by atoms with Gasteiger partial charge in [0.15, 0.2) is 0 Å². The fourth-order valence-corrected chi connectivity index (χ4v) is 4.18. The van der Waals surface area contributed by atoms with Gasteiger partial charge in [0, 0.05) is 11.3 Å². The highest BCUT2D eigenvalue weighted by Crippen LogP contribution is 2.47. The average Bonchev–Trinajstić information content (AvgIpc) is 3.09. The summed E-state index contributed by atoms with van der Waals surface area (Å²) in [7, 11) is 0. The summed E-state index contributed by atoms with van der Waals surface area (Å²) in [6.45, 7) is 7.92. The lowest BCUT2D eigenvalue weighted by molar-refractivity contribution is -0.117. The first kappa shape index (κ1) is 16.0. The van der Waals surface area contributed by atoms with Gasteiger partial charge in [-0.1, -0.05) is 13.8 Å². The summed E-state index contributed by atoms with van der Waals surface area (Å²) in [5.41, 5.74) is 3.59. The summed E-state index contributed by atoms with van der Waals surface area (Å²) in [6, 6.07) is 5.59. The van der Waals surface area contributed by atoms with Crippen molar-refractivity contribution in [3.8, 4) is 5.75 Å². The number of amides is 1. The number of rotatable bonds is 3. The van der Waals surface area contributed by atoms with Crippen molar-refractivity contribution in [3.63, 3.8) is 0 Å². The van der Waals surface area contributed by atoms with Gasteiger partial charge in [-0.05, 0) is 49.1 Å². The number of phenolic OH excluding ortho intramolecular Hbond substituents is 1. The molecule has 3 rings (SSSR count). The molecular formula is C18H21NO3S. The highest BCUT2D eigenvalue weighted by atomic mass is 32.2. The third-order valence-electron chi connectivity index (χ3n) is 4.21. The highest BCUT2D eigenvalue weighted by molar-refractivity contribution is 8.01. The Labute approximate surface area is 140 Å². The van der Waals surface area contributed by atoms with E-state index in [4.69, 9.17) is 4.42 Å². The SMILES string of the molecule is Cc1cc(O)c(C(C)C)cc1N1C(=O)C(C)SC1c1ccoc1. The molecule has 5 heteroatoms. The van der Waals surface area contributed by atoms with E-state index in [2.05, 4.69) is 0 Å².